The largest absolute Gasteiger partial charge is 0.491 e. The summed E-state index contributed by atoms with van der Waals surface area (Å²) in [6.45, 7) is 0.811. The Hall–Kier alpha value is -0.700. The molecule has 0 spiro atoms. The van der Waals surface area contributed by atoms with E-state index in [1.807, 2.05) is 18.2 Å². The van der Waals surface area contributed by atoms with Crippen LogP contribution in [-0.4, -0.2) is 6.61 Å². The van der Waals surface area contributed by atoms with Crippen LogP contribution in [0.3, 0.4) is 0 Å². The molecule has 2 nitrogen and oxygen atoms in total. The van der Waals surface area contributed by atoms with E-state index < -0.39 is 0 Å². The predicted molar refractivity (Wildman–Crippen MR) is 66.0 cm³/mol. The SMILES string of the molecule is Nc1cc(Br)ccc1OCC1CCCC1. The summed E-state index contributed by atoms with van der Waals surface area (Å²) in [5, 5.41) is 0. The normalized spacial score (nSPS) is 16.9. The molecular formula is C12H16BrNO. The summed E-state index contributed by atoms with van der Waals surface area (Å²) < 4.78 is 6.72. The maximum absolute atomic E-state index is 5.85. The van der Waals surface area contributed by atoms with E-state index in [4.69, 9.17) is 10.5 Å². The molecule has 2 rings (SSSR count). The van der Waals surface area contributed by atoms with Crippen molar-refractivity contribution in [3.63, 3.8) is 0 Å². The van der Waals surface area contributed by atoms with Crippen molar-refractivity contribution in [3.8, 4) is 5.75 Å². The first-order valence-electron chi connectivity index (χ1n) is 5.43. The highest BCUT2D eigenvalue weighted by Gasteiger charge is 2.15. The van der Waals surface area contributed by atoms with Crippen molar-refractivity contribution in [2.75, 3.05) is 12.3 Å². The van der Waals surface area contributed by atoms with E-state index >= 15 is 0 Å². The Bertz CT molecular complexity index is 334. The zero-order valence-corrected chi connectivity index (χ0v) is 10.3. The second-order valence-electron chi connectivity index (χ2n) is 4.14. The Kier molecular flexibility index (Phi) is 3.52. The second-order valence-corrected chi connectivity index (χ2v) is 5.06. The Morgan fingerprint density at radius 1 is 1.33 bits per heavy atom. The molecule has 1 fully saturated rings. The van der Waals surface area contributed by atoms with Crippen LogP contribution < -0.4 is 10.5 Å². The van der Waals surface area contributed by atoms with Crippen molar-refractivity contribution in [3.05, 3.63) is 22.7 Å². The summed E-state index contributed by atoms with van der Waals surface area (Å²) in [5.74, 6) is 1.54. The standard InChI is InChI=1S/C12H16BrNO/c13-10-5-6-12(11(14)7-10)15-8-9-3-1-2-4-9/h5-7,9H,1-4,8,14H2. The first-order valence-corrected chi connectivity index (χ1v) is 6.23. The summed E-state index contributed by atoms with van der Waals surface area (Å²) in [6, 6.07) is 5.76. The molecule has 1 aliphatic carbocycles. The maximum atomic E-state index is 5.85. The van der Waals surface area contributed by atoms with Gasteiger partial charge >= 0.3 is 0 Å². The average Bonchev–Trinajstić information content (AvgIpc) is 2.69. The highest BCUT2D eigenvalue weighted by molar-refractivity contribution is 9.10. The zero-order chi connectivity index (χ0) is 10.7. The molecule has 1 aliphatic rings. The van der Waals surface area contributed by atoms with Crippen molar-refractivity contribution in [2.24, 2.45) is 5.92 Å². The van der Waals surface area contributed by atoms with Gasteiger partial charge in [-0.15, -0.1) is 0 Å². The molecule has 0 atom stereocenters. The summed E-state index contributed by atoms with van der Waals surface area (Å²) >= 11 is 3.38. The Balaban J connectivity index is 1.92. The summed E-state index contributed by atoms with van der Waals surface area (Å²) in [5.41, 5.74) is 6.56. The van der Waals surface area contributed by atoms with Gasteiger partial charge in [0.15, 0.2) is 0 Å². The smallest absolute Gasteiger partial charge is 0.142 e. The highest BCUT2D eigenvalue weighted by atomic mass is 79.9. The van der Waals surface area contributed by atoms with Gasteiger partial charge in [0.05, 0.1) is 12.3 Å². The van der Waals surface area contributed by atoms with Crippen LogP contribution in [0.2, 0.25) is 0 Å². The van der Waals surface area contributed by atoms with Crippen molar-refractivity contribution < 1.29 is 4.74 Å². The van der Waals surface area contributed by atoms with Crippen molar-refractivity contribution in [1.29, 1.82) is 0 Å². The van der Waals surface area contributed by atoms with Crippen LogP contribution in [-0.2, 0) is 0 Å². The van der Waals surface area contributed by atoms with Crippen LogP contribution in [0.15, 0.2) is 22.7 Å². The number of hydrogen-bond donors (Lipinski definition) is 1. The third-order valence-electron chi connectivity index (χ3n) is 2.92. The van der Waals surface area contributed by atoms with E-state index in [2.05, 4.69) is 15.9 Å². The van der Waals surface area contributed by atoms with Gasteiger partial charge in [-0.2, -0.15) is 0 Å². The molecule has 1 saturated carbocycles. The Morgan fingerprint density at radius 2 is 2.07 bits per heavy atom. The fourth-order valence-corrected chi connectivity index (χ4v) is 2.41. The number of halogens is 1. The molecule has 0 saturated heterocycles. The van der Waals surface area contributed by atoms with E-state index in [0.717, 1.165) is 22.7 Å². The van der Waals surface area contributed by atoms with E-state index in [-0.39, 0.29) is 0 Å². The highest BCUT2D eigenvalue weighted by Crippen LogP contribution is 2.29. The Morgan fingerprint density at radius 3 is 2.73 bits per heavy atom. The van der Waals surface area contributed by atoms with Crippen LogP contribution in [0.4, 0.5) is 5.69 Å². The van der Waals surface area contributed by atoms with Gasteiger partial charge in [0.25, 0.3) is 0 Å². The molecular weight excluding hydrogens is 254 g/mol. The van der Waals surface area contributed by atoms with Gasteiger partial charge in [0.1, 0.15) is 5.75 Å². The van der Waals surface area contributed by atoms with Crippen LogP contribution in [0.5, 0.6) is 5.75 Å². The molecule has 15 heavy (non-hydrogen) atoms. The molecule has 3 heteroatoms. The maximum Gasteiger partial charge on any atom is 0.142 e. The zero-order valence-electron chi connectivity index (χ0n) is 8.71. The summed E-state index contributed by atoms with van der Waals surface area (Å²) in [6.07, 6.45) is 5.31. The molecule has 2 N–H and O–H groups in total. The summed E-state index contributed by atoms with van der Waals surface area (Å²) in [4.78, 5) is 0. The lowest BCUT2D eigenvalue weighted by atomic mass is 10.1. The van der Waals surface area contributed by atoms with Crippen LogP contribution in [0.1, 0.15) is 25.7 Å². The number of nitrogen functional groups attached to an aromatic ring is 1. The molecule has 0 amide bonds. The van der Waals surface area contributed by atoms with Crippen LogP contribution in [0, 0.1) is 5.92 Å². The van der Waals surface area contributed by atoms with Crippen molar-refractivity contribution in [1.82, 2.24) is 0 Å². The second kappa shape index (κ2) is 4.88. The molecule has 0 aliphatic heterocycles. The first kappa shape index (κ1) is 10.8. The van der Waals surface area contributed by atoms with Gasteiger partial charge in [-0.05, 0) is 37.0 Å². The minimum atomic E-state index is 0.711. The van der Waals surface area contributed by atoms with Gasteiger partial charge in [0.2, 0.25) is 0 Å². The van der Waals surface area contributed by atoms with Gasteiger partial charge < -0.3 is 10.5 Å². The molecule has 82 valence electrons. The first-order chi connectivity index (χ1) is 7.25. The number of nitrogens with two attached hydrogens (primary N) is 1. The lowest BCUT2D eigenvalue weighted by molar-refractivity contribution is 0.253. The fourth-order valence-electron chi connectivity index (χ4n) is 2.04. The van der Waals surface area contributed by atoms with Crippen molar-refractivity contribution >= 4 is 21.6 Å². The molecule has 1 aromatic carbocycles. The minimum absolute atomic E-state index is 0.711. The van der Waals surface area contributed by atoms with E-state index in [9.17, 15) is 0 Å². The molecule has 1 aromatic rings. The quantitative estimate of drug-likeness (QED) is 0.852. The van der Waals surface area contributed by atoms with Crippen molar-refractivity contribution in [2.45, 2.75) is 25.7 Å². The fraction of sp³-hybridized carbons (Fsp3) is 0.500. The lowest BCUT2D eigenvalue weighted by Crippen LogP contribution is -2.09. The number of rotatable bonds is 3. The minimum Gasteiger partial charge on any atom is -0.491 e. The number of benzene rings is 1. The monoisotopic (exact) mass is 269 g/mol. The molecule has 0 unspecified atom stereocenters. The van der Waals surface area contributed by atoms with Gasteiger partial charge in [-0.1, -0.05) is 28.8 Å². The van der Waals surface area contributed by atoms with Crippen LogP contribution >= 0.6 is 15.9 Å². The number of ether oxygens (including phenoxy) is 1. The third kappa shape index (κ3) is 2.88. The molecule has 0 radical (unpaired) electrons. The topological polar surface area (TPSA) is 35.2 Å². The van der Waals surface area contributed by atoms with Gasteiger partial charge in [-0.3, -0.25) is 0 Å². The van der Waals surface area contributed by atoms with Gasteiger partial charge in [-0.25, -0.2) is 0 Å². The van der Waals surface area contributed by atoms with E-state index in [1.165, 1.54) is 25.7 Å². The Labute approximate surface area is 98.9 Å². The van der Waals surface area contributed by atoms with E-state index in [0.29, 0.717) is 5.69 Å². The molecule has 0 heterocycles. The summed E-state index contributed by atoms with van der Waals surface area (Å²) in [7, 11) is 0. The molecule has 0 bridgehead atoms. The third-order valence-corrected chi connectivity index (χ3v) is 3.41. The average molecular weight is 270 g/mol. The predicted octanol–water partition coefficient (Wildman–Crippen LogP) is 3.60. The van der Waals surface area contributed by atoms with Crippen LogP contribution in [0.25, 0.3) is 0 Å². The van der Waals surface area contributed by atoms with E-state index in [1.54, 1.807) is 0 Å². The van der Waals surface area contributed by atoms with Gasteiger partial charge in [0, 0.05) is 4.47 Å². The number of hydrogen-bond acceptors (Lipinski definition) is 2. The lowest BCUT2D eigenvalue weighted by Gasteiger charge is -2.12. The molecule has 0 aromatic heterocycles. The number of anilines is 1.